The first-order valence-electron chi connectivity index (χ1n) is 6.84. The molecule has 1 amide bonds. The molecule has 0 fully saturated rings. The van der Waals surface area contributed by atoms with Gasteiger partial charge < -0.3 is 21.0 Å². The number of pyridine rings is 1. The highest BCUT2D eigenvalue weighted by molar-refractivity contribution is 5.83. The summed E-state index contributed by atoms with van der Waals surface area (Å²) in [6, 6.07) is 3.73. The summed E-state index contributed by atoms with van der Waals surface area (Å²) in [5.41, 5.74) is 6.48. The van der Waals surface area contributed by atoms with E-state index in [9.17, 15) is 9.90 Å². The highest BCUT2D eigenvalue weighted by Gasteiger charge is 2.22. The molecule has 6 heteroatoms. The molecule has 21 heavy (non-hydrogen) atoms. The summed E-state index contributed by atoms with van der Waals surface area (Å²) in [7, 11) is 0. The Bertz CT molecular complexity index is 495. The molecule has 6 nitrogen and oxygen atoms in total. The maximum Gasteiger partial charge on any atom is 0.405 e. The van der Waals surface area contributed by atoms with Gasteiger partial charge in [0, 0.05) is 36.9 Å². The third-order valence-corrected chi connectivity index (χ3v) is 2.83. The van der Waals surface area contributed by atoms with Gasteiger partial charge in [0.2, 0.25) is 0 Å². The number of aliphatic hydroxyl groups is 1. The lowest BCUT2D eigenvalue weighted by molar-refractivity contribution is 0.0453. The van der Waals surface area contributed by atoms with Crippen LogP contribution in [0, 0.1) is 5.41 Å². The Hall–Kier alpha value is -1.95. The van der Waals surface area contributed by atoms with Crippen molar-refractivity contribution in [3.05, 3.63) is 29.6 Å². The molecule has 1 atom stereocenters. The van der Waals surface area contributed by atoms with Gasteiger partial charge in [-0.2, -0.15) is 0 Å². The molecule has 0 saturated carbocycles. The molecule has 1 aromatic rings. The van der Waals surface area contributed by atoms with E-state index in [0.29, 0.717) is 25.0 Å². The molecule has 0 aromatic carbocycles. The van der Waals surface area contributed by atoms with Crippen LogP contribution in [0.25, 0.3) is 0 Å². The van der Waals surface area contributed by atoms with Crippen molar-refractivity contribution >= 4 is 11.8 Å². The van der Waals surface area contributed by atoms with Crippen molar-refractivity contribution in [2.75, 3.05) is 0 Å². The van der Waals surface area contributed by atoms with Crippen LogP contribution in [0.3, 0.4) is 0 Å². The fourth-order valence-corrected chi connectivity index (χ4v) is 2.08. The third-order valence-electron chi connectivity index (χ3n) is 2.83. The molecule has 0 spiro atoms. The lowest BCUT2D eigenvalue weighted by Gasteiger charge is -2.23. The van der Waals surface area contributed by atoms with Crippen LogP contribution in [0.5, 0.6) is 0 Å². The molecule has 0 bridgehead atoms. The standard InChI is InChI=1S/C15H23N3O3/c1-10(19)6-12(16)7-11-4-5-13(18-9-11)8-15(2,3)21-14(17)20/h4-5,9-10,16,19H,6-8H2,1-3H3,(H2,17,20)/t10-/m1/s1. The fourth-order valence-electron chi connectivity index (χ4n) is 2.08. The number of carbonyl (C=O) groups is 1. The normalized spacial score (nSPS) is 12.8. The predicted octanol–water partition coefficient (Wildman–Crippen LogP) is 1.83. The van der Waals surface area contributed by atoms with Crippen LogP contribution in [0.4, 0.5) is 4.79 Å². The first-order valence-corrected chi connectivity index (χ1v) is 6.84. The van der Waals surface area contributed by atoms with Crippen LogP contribution in [0.15, 0.2) is 18.3 Å². The Morgan fingerprint density at radius 1 is 1.52 bits per heavy atom. The van der Waals surface area contributed by atoms with Crippen LogP contribution >= 0.6 is 0 Å². The van der Waals surface area contributed by atoms with Crippen molar-refractivity contribution in [2.45, 2.75) is 51.7 Å². The Balaban J connectivity index is 2.62. The maximum absolute atomic E-state index is 10.8. The molecule has 0 aliphatic heterocycles. The average Bonchev–Trinajstić information content (AvgIpc) is 2.28. The number of ether oxygens (including phenoxy) is 1. The van der Waals surface area contributed by atoms with E-state index in [1.54, 1.807) is 27.0 Å². The number of nitrogens with one attached hydrogen (secondary N) is 1. The third kappa shape index (κ3) is 6.85. The smallest absolute Gasteiger partial charge is 0.405 e. The second-order valence-electron chi connectivity index (χ2n) is 5.85. The van der Waals surface area contributed by atoms with Crippen molar-refractivity contribution < 1.29 is 14.6 Å². The van der Waals surface area contributed by atoms with Gasteiger partial charge in [0.25, 0.3) is 0 Å². The summed E-state index contributed by atoms with van der Waals surface area (Å²) in [6.07, 6.45) is 1.69. The topological polar surface area (TPSA) is 109 Å². The lowest BCUT2D eigenvalue weighted by Crippen LogP contribution is -2.33. The molecule has 0 aliphatic carbocycles. The van der Waals surface area contributed by atoms with Crippen LogP contribution < -0.4 is 5.73 Å². The number of carbonyl (C=O) groups excluding carboxylic acids is 1. The minimum atomic E-state index is -0.803. The molecule has 0 unspecified atom stereocenters. The van der Waals surface area contributed by atoms with E-state index < -0.39 is 17.8 Å². The SMILES string of the molecule is C[C@@H](O)CC(=N)Cc1ccc(CC(C)(C)OC(N)=O)nc1. The molecular formula is C15H23N3O3. The van der Waals surface area contributed by atoms with Crippen molar-refractivity contribution in [1.29, 1.82) is 5.41 Å². The van der Waals surface area contributed by atoms with E-state index >= 15 is 0 Å². The molecule has 116 valence electrons. The molecule has 0 aliphatic rings. The number of nitrogens with two attached hydrogens (primary N) is 1. The lowest BCUT2D eigenvalue weighted by atomic mass is 10.0. The van der Waals surface area contributed by atoms with Gasteiger partial charge >= 0.3 is 6.09 Å². The van der Waals surface area contributed by atoms with E-state index in [4.69, 9.17) is 15.9 Å². The largest absolute Gasteiger partial charge is 0.443 e. The molecule has 1 aromatic heterocycles. The first-order chi connectivity index (χ1) is 9.68. The van der Waals surface area contributed by atoms with Gasteiger partial charge in [0.05, 0.1) is 6.10 Å². The number of amides is 1. The second kappa shape index (κ2) is 7.17. The first kappa shape index (κ1) is 17.1. The number of aliphatic hydroxyl groups excluding tert-OH is 1. The van der Waals surface area contributed by atoms with E-state index in [1.165, 1.54) is 0 Å². The predicted molar refractivity (Wildman–Crippen MR) is 80.4 cm³/mol. The van der Waals surface area contributed by atoms with Gasteiger partial charge in [-0.25, -0.2) is 4.79 Å². The minimum Gasteiger partial charge on any atom is -0.443 e. The zero-order valence-electron chi connectivity index (χ0n) is 12.7. The summed E-state index contributed by atoms with van der Waals surface area (Å²) < 4.78 is 5.02. The molecule has 1 rings (SSSR count). The van der Waals surface area contributed by atoms with Crippen molar-refractivity contribution in [1.82, 2.24) is 4.98 Å². The summed E-state index contributed by atoms with van der Waals surface area (Å²) in [5.74, 6) is 0. The Morgan fingerprint density at radius 3 is 2.67 bits per heavy atom. The average molecular weight is 293 g/mol. The maximum atomic E-state index is 10.8. The van der Waals surface area contributed by atoms with Crippen molar-refractivity contribution in [2.24, 2.45) is 5.73 Å². The number of hydrogen-bond acceptors (Lipinski definition) is 5. The van der Waals surface area contributed by atoms with Gasteiger partial charge in [-0.15, -0.1) is 0 Å². The van der Waals surface area contributed by atoms with E-state index in [2.05, 4.69) is 4.98 Å². The molecule has 0 saturated heterocycles. The zero-order chi connectivity index (χ0) is 16.0. The molecule has 1 heterocycles. The number of rotatable bonds is 7. The molecular weight excluding hydrogens is 270 g/mol. The van der Waals surface area contributed by atoms with Crippen LogP contribution in [0.2, 0.25) is 0 Å². The fraction of sp³-hybridized carbons (Fsp3) is 0.533. The quantitative estimate of drug-likeness (QED) is 0.666. The van der Waals surface area contributed by atoms with Crippen LogP contribution in [-0.4, -0.2) is 33.6 Å². The number of primary amides is 1. The Kier molecular flexibility index (Phi) is 5.84. The van der Waals surface area contributed by atoms with Crippen LogP contribution in [0.1, 0.15) is 38.4 Å². The Labute approximate surface area is 124 Å². The van der Waals surface area contributed by atoms with Gasteiger partial charge in [-0.05, 0) is 32.4 Å². The van der Waals surface area contributed by atoms with Crippen molar-refractivity contribution in [3.63, 3.8) is 0 Å². The van der Waals surface area contributed by atoms with Gasteiger partial charge in [0.15, 0.2) is 0 Å². The monoisotopic (exact) mass is 293 g/mol. The molecule has 4 N–H and O–H groups in total. The van der Waals surface area contributed by atoms with Crippen LogP contribution in [-0.2, 0) is 17.6 Å². The van der Waals surface area contributed by atoms with E-state index in [1.807, 2.05) is 12.1 Å². The second-order valence-corrected chi connectivity index (χ2v) is 5.85. The van der Waals surface area contributed by atoms with Gasteiger partial charge in [-0.1, -0.05) is 6.07 Å². The minimum absolute atomic E-state index is 0.362. The zero-order valence-corrected chi connectivity index (χ0v) is 12.7. The summed E-state index contributed by atoms with van der Waals surface area (Å²) >= 11 is 0. The highest BCUT2D eigenvalue weighted by Crippen LogP contribution is 2.16. The number of hydrogen-bond donors (Lipinski definition) is 3. The van der Waals surface area contributed by atoms with Crippen molar-refractivity contribution in [3.8, 4) is 0 Å². The van der Waals surface area contributed by atoms with Gasteiger partial charge in [0.1, 0.15) is 5.60 Å². The Morgan fingerprint density at radius 2 is 2.19 bits per heavy atom. The molecule has 0 radical (unpaired) electrons. The number of nitrogens with zero attached hydrogens (tertiary/aromatic N) is 1. The van der Waals surface area contributed by atoms with E-state index in [-0.39, 0.29) is 0 Å². The number of aromatic nitrogens is 1. The summed E-state index contributed by atoms with van der Waals surface area (Å²) in [6.45, 7) is 5.20. The van der Waals surface area contributed by atoms with E-state index in [0.717, 1.165) is 11.3 Å². The summed E-state index contributed by atoms with van der Waals surface area (Å²) in [5, 5.41) is 17.0. The van der Waals surface area contributed by atoms with Gasteiger partial charge in [-0.3, -0.25) is 4.98 Å². The summed E-state index contributed by atoms with van der Waals surface area (Å²) in [4.78, 5) is 15.1. The highest BCUT2D eigenvalue weighted by atomic mass is 16.6.